The van der Waals surface area contributed by atoms with Gasteiger partial charge in [-0.3, -0.25) is 4.79 Å². The van der Waals surface area contributed by atoms with Crippen molar-refractivity contribution < 1.29 is 4.79 Å². The minimum absolute atomic E-state index is 0.223. The van der Waals surface area contributed by atoms with Crippen LogP contribution < -0.4 is 0 Å². The first-order chi connectivity index (χ1) is 7.75. The number of carbonyl (C=O) groups excluding carboxylic acids is 1. The summed E-state index contributed by atoms with van der Waals surface area (Å²) in [6.45, 7) is 4.81. The second-order valence-corrected chi connectivity index (χ2v) is 4.76. The zero-order valence-corrected chi connectivity index (χ0v) is 9.23. The number of carbonyl (C=O) groups is 1. The molecule has 1 heterocycles. The van der Waals surface area contributed by atoms with E-state index in [0.29, 0.717) is 11.9 Å². The van der Waals surface area contributed by atoms with Gasteiger partial charge in [-0.1, -0.05) is 42.5 Å². The Bertz CT molecular complexity index is 437. The maximum absolute atomic E-state index is 12.0. The molecule has 0 radical (unpaired) electrons. The van der Waals surface area contributed by atoms with E-state index in [-0.39, 0.29) is 5.92 Å². The Morgan fingerprint density at radius 1 is 1.31 bits per heavy atom. The van der Waals surface area contributed by atoms with Crippen LogP contribution in [0.25, 0.3) is 0 Å². The summed E-state index contributed by atoms with van der Waals surface area (Å²) >= 11 is 0. The Morgan fingerprint density at radius 3 is 2.75 bits per heavy atom. The van der Waals surface area contributed by atoms with Crippen LogP contribution in [0.4, 0.5) is 0 Å². The highest BCUT2D eigenvalue weighted by Gasteiger charge is 2.46. The first kappa shape index (κ1) is 9.64. The molecule has 2 aliphatic rings. The Balaban J connectivity index is 1.81. The largest absolute Gasteiger partial charge is 0.331 e. The maximum Gasteiger partial charge on any atom is 0.226 e. The number of rotatable bonds is 2. The van der Waals surface area contributed by atoms with Crippen LogP contribution in [0.2, 0.25) is 0 Å². The second-order valence-electron chi connectivity index (χ2n) is 4.76. The Hall–Kier alpha value is -1.57. The zero-order chi connectivity index (χ0) is 11.1. The topological polar surface area (TPSA) is 20.3 Å². The van der Waals surface area contributed by atoms with Crippen molar-refractivity contribution >= 4 is 5.91 Å². The van der Waals surface area contributed by atoms with Gasteiger partial charge in [-0.15, -0.1) is 0 Å². The van der Waals surface area contributed by atoms with Crippen molar-refractivity contribution in [2.24, 2.45) is 5.92 Å². The van der Waals surface area contributed by atoms with Gasteiger partial charge in [0.2, 0.25) is 5.91 Å². The van der Waals surface area contributed by atoms with Crippen LogP contribution in [-0.4, -0.2) is 16.8 Å². The maximum atomic E-state index is 12.0. The van der Waals surface area contributed by atoms with Crippen molar-refractivity contribution in [3.63, 3.8) is 0 Å². The number of hydrogen-bond acceptors (Lipinski definition) is 1. The van der Waals surface area contributed by atoms with E-state index in [1.54, 1.807) is 0 Å². The van der Waals surface area contributed by atoms with E-state index in [0.717, 1.165) is 19.4 Å². The minimum Gasteiger partial charge on any atom is -0.331 e. The molecule has 1 saturated carbocycles. The molecular formula is C14H15NO. The van der Waals surface area contributed by atoms with Gasteiger partial charge in [0, 0.05) is 12.5 Å². The van der Waals surface area contributed by atoms with E-state index in [1.165, 1.54) is 11.1 Å². The van der Waals surface area contributed by atoms with Crippen molar-refractivity contribution in [1.29, 1.82) is 0 Å². The van der Waals surface area contributed by atoms with Crippen molar-refractivity contribution in [3.8, 4) is 0 Å². The van der Waals surface area contributed by atoms with Crippen molar-refractivity contribution in [3.05, 3.63) is 48.0 Å². The number of benzene rings is 1. The van der Waals surface area contributed by atoms with Crippen LogP contribution in [0.3, 0.4) is 0 Å². The summed E-state index contributed by atoms with van der Waals surface area (Å²) in [5, 5.41) is 0. The zero-order valence-electron chi connectivity index (χ0n) is 9.23. The molecule has 16 heavy (non-hydrogen) atoms. The molecule has 82 valence electrons. The van der Waals surface area contributed by atoms with Crippen LogP contribution >= 0.6 is 0 Å². The van der Waals surface area contributed by atoms with E-state index in [4.69, 9.17) is 0 Å². The second kappa shape index (κ2) is 3.48. The molecule has 1 amide bonds. The van der Waals surface area contributed by atoms with E-state index in [9.17, 15) is 4.79 Å². The summed E-state index contributed by atoms with van der Waals surface area (Å²) in [6, 6.07) is 10.5. The lowest BCUT2D eigenvalue weighted by Crippen LogP contribution is -2.37. The summed E-state index contributed by atoms with van der Waals surface area (Å²) in [7, 11) is 0. The lowest BCUT2D eigenvalue weighted by atomic mass is 10.0. The van der Waals surface area contributed by atoms with Crippen molar-refractivity contribution in [2.45, 2.75) is 25.4 Å². The number of nitrogens with zero attached hydrogens (tertiary/aromatic N) is 1. The molecule has 0 N–H and O–H groups in total. The Morgan fingerprint density at radius 2 is 2.06 bits per heavy atom. The van der Waals surface area contributed by atoms with Gasteiger partial charge in [0.25, 0.3) is 0 Å². The third-order valence-electron chi connectivity index (χ3n) is 3.69. The van der Waals surface area contributed by atoms with Crippen molar-refractivity contribution in [2.75, 3.05) is 0 Å². The number of amides is 1. The predicted octanol–water partition coefficient (Wildman–Crippen LogP) is 2.36. The van der Waals surface area contributed by atoms with Crippen LogP contribution in [0.15, 0.2) is 42.5 Å². The lowest BCUT2D eigenvalue weighted by Gasteiger charge is -2.28. The first-order valence-corrected chi connectivity index (χ1v) is 5.78. The lowest BCUT2D eigenvalue weighted by molar-refractivity contribution is -0.133. The number of hydrogen-bond donors (Lipinski definition) is 0. The standard InChI is InChI=1S/C14H15NO/c1-10-7-12-8-13(10)15(14(12)16)9-11-5-3-2-4-6-11/h2-6,12-13H,1,7-9H2. The molecule has 1 saturated heterocycles. The van der Waals surface area contributed by atoms with Gasteiger partial charge in [-0.25, -0.2) is 0 Å². The molecule has 0 aromatic heterocycles. The summed E-state index contributed by atoms with van der Waals surface area (Å²) in [5.74, 6) is 0.544. The van der Waals surface area contributed by atoms with Crippen molar-refractivity contribution in [1.82, 2.24) is 4.90 Å². The smallest absolute Gasteiger partial charge is 0.226 e. The minimum atomic E-state index is 0.223. The highest BCUT2D eigenvalue weighted by molar-refractivity contribution is 5.84. The molecule has 0 spiro atoms. The average molecular weight is 213 g/mol. The molecule has 2 nitrogen and oxygen atoms in total. The van der Waals surface area contributed by atoms with Crippen LogP contribution in [0.1, 0.15) is 18.4 Å². The highest BCUT2D eigenvalue weighted by atomic mass is 16.2. The van der Waals surface area contributed by atoms with E-state index in [2.05, 4.69) is 18.7 Å². The Labute approximate surface area is 95.6 Å². The summed E-state index contributed by atoms with van der Waals surface area (Å²) in [6.07, 6.45) is 1.90. The van der Waals surface area contributed by atoms with E-state index >= 15 is 0 Å². The molecule has 2 unspecified atom stereocenters. The van der Waals surface area contributed by atoms with Gasteiger partial charge < -0.3 is 4.90 Å². The molecule has 3 rings (SSSR count). The highest BCUT2D eigenvalue weighted by Crippen LogP contribution is 2.42. The van der Waals surface area contributed by atoms with Gasteiger partial charge >= 0.3 is 0 Å². The molecule has 1 aromatic carbocycles. The molecule has 2 bridgehead atoms. The molecule has 2 fully saturated rings. The molecular weight excluding hydrogens is 198 g/mol. The summed E-state index contributed by atoms with van der Waals surface area (Å²) in [5.41, 5.74) is 2.44. The van der Waals surface area contributed by atoms with E-state index < -0.39 is 0 Å². The summed E-state index contributed by atoms with van der Waals surface area (Å²) in [4.78, 5) is 14.0. The van der Waals surface area contributed by atoms with Gasteiger partial charge in [-0.2, -0.15) is 0 Å². The molecule has 1 aliphatic carbocycles. The fourth-order valence-corrected chi connectivity index (χ4v) is 2.86. The summed E-state index contributed by atoms with van der Waals surface area (Å²) < 4.78 is 0. The molecule has 2 heteroatoms. The SMILES string of the molecule is C=C1CC2CC1N(Cc1ccccc1)C2=O. The monoisotopic (exact) mass is 213 g/mol. The van der Waals surface area contributed by atoms with Gasteiger partial charge in [-0.05, 0) is 18.4 Å². The molecule has 1 aromatic rings. The third kappa shape index (κ3) is 1.37. The van der Waals surface area contributed by atoms with Gasteiger partial charge in [0.15, 0.2) is 0 Å². The van der Waals surface area contributed by atoms with E-state index in [1.807, 2.05) is 23.1 Å². The Kier molecular flexibility index (Phi) is 2.10. The first-order valence-electron chi connectivity index (χ1n) is 5.78. The van der Waals surface area contributed by atoms with Crippen LogP contribution in [0.5, 0.6) is 0 Å². The fraction of sp³-hybridized carbons (Fsp3) is 0.357. The van der Waals surface area contributed by atoms with Crippen LogP contribution in [-0.2, 0) is 11.3 Å². The van der Waals surface area contributed by atoms with Gasteiger partial charge in [0.05, 0.1) is 6.04 Å². The fourth-order valence-electron chi connectivity index (χ4n) is 2.86. The number of fused-ring (bicyclic) bond motifs is 2. The quantitative estimate of drug-likeness (QED) is 0.691. The van der Waals surface area contributed by atoms with Gasteiger partial charge in [0.1, 0.15) is 0 Å². The molecule has 1 aliphatic heterocycles. The predicted molar refractivity (Wildman–Crippen MR) is 62.6 cm³/mol. The third-order valence-corrected chi connectivity index (χ3v) is 3.69. The van der Waals surface area contributed by atoms with Crippen LogP contribution in [0, 0.1) is 5.92 Å². The average Bonchev–Trinajstić information content (AvgIpc) is 2.80. The molecule has 2 atom stereocenters. The normalized spacial score (nSPS) is 27.9. The number of piperidine rings is 1. The number of likely N-dealkylation sites (tertiary alicyclic amines) is 1.